The van der Waals surface area contributed by atoms with Gasteiger partial charge in [0.05, 0.1) is 12.0 Å². The van der Waals surface area contributed by atoms with Crippen LogP contribution < -0.4 is 10.9 Å². The van der Waals surface area contributed by atoms with Gasteiger partial charge in [0.2, 0.25) is 5.43 Å². The molecule has 7 nitrogen and oxygen atoms in total. The van der Waals surface area contributed by atoms with E-state index in [9.17, 15) is 27.6 Å². The van der Waals surface area contributed by atoms with Crippen molar-refractivity contribution < 1.29 is 32.2 Å². The number of pyridine rings is 1. The molecule has 2 rings (SSSR count). The van der Waals surface area contributed by atoms with Crippen molar-refractivity contribution in [3.63, 3.8) is 0 Å². The molecule has 0 saturated heterocycles. The van der Waals surface area contributed by atoms with E-state index in [4.69, 9.17) is 4.74 Å². The van der Waals surface area contributed by atoms with Crippen LogP contribution in [0.1, 0.15) is 38.1 Å². The van der Waals surface area contributed by atoms with Crippen molar-refractivity contribution in [3.05, 3.63) is 45.5 Å². The lowest BCUT2D eigenvalue weighted by Gasteiger charge is -2.14. The summed E-state index contributed by atoms with van der Waals surface area (Å²) in [5, 5.41) is -0.466. The molecule has 0 radical (unpaired) electrons. The number of carbonyl (C=O) groups is 2. The van der Waals surface area contributed by atoms with Gasteiger partial charge in [0.15, 0.2) is 17.5 Å². The first kappa shape index (κ1) is 23.0. The fourth-order valence-corrected chi connectivity index (χ4v) is 2.07. The van der Waals surface area contributed by atoms with E-state index in [0.29, 0.717) is 12.5 Å². The predicted molar refractivity (Wildman–Crippen MR) is 96.2 cm³/mol. The van der Waals surface area contributed by atoms with Crippen LogP contribution in [0.3, 0.4) is 0 Å². The Kier molecular flexibility index (Phi) is 7.60. The van der Waals surface area contributed by atoms with Crippen LogP contribution in [0.5, 0.6) is 0 Å². The lowest BCUT2D eigenvalue weighted by molar-refractivity contribution is -0.138. The molecule has 1 heterocycles. The van der Waals surface area contributed by atoms with E-state index in [1.165, 1.54) is 7.05 Å². The Morgan fingerprint density at radius 3 is 2.29 bits per heavy atom. The Bertz CT molecular complexity index is 936. The summed E-state index contributed by atoms with van der Waals surface area (Å²) in [7, 11) is 1.36. The Morgan fingerprint density at radius 1 is 1.25 bits per heavy atom. The molecule has 154 valence electrons. The number of fused-ring (bicyclic) bond motifs is 1. The van der Waals surface area contributed by atoms with Crippen molar-refractivity contribution in [1.82, 2.24) is 4.68 Å². The number of aromatic nitrogens is 1. The van der Waals surface area contributed by atoms with Crippen LogP contribution in [-0.4, -0.2) is 36.4 Å². The molecule has 0 spiro atoms. The minimum absolute atomic E-state index is 0.0298. The zero-order chi connectivity index (χ0) is 21.6. The van der Waals surface area contributed by atoms with E-state index in [0.717, 1.165) is 10.9 Å². The highest BCUT2D eigenvalue weighted by atomic mass is 19.2. The van der Waals surface area contributed by atoms with Crippen LogP contribution in [0.25, 0.3) is 10.9 Å². The quantitative estimate of drug-likeness (QED) is 0.481. The first-order valence-electron chi connectivity index (χ1n) is 8.17. The molecule has 0 aliphatic heterocycles. The number of hydrogen-bond acceptors (Lipinski definition) is 6. The molecule has 1 aromatic heterocycles. The molecule has 10 heteroatoms. The normalized spacial score (nSPS) is 10.7. The van der Waals surface area contributed by atoms with Gasteiger partial charge in [-0.15, -0.1) is 0 Å². The maximum Gasteiger partial charge on any atom is 0.343 e. The SMILES string of the molecule is CC(C)(C)OC=O.CCOC(=O)c1cn(NC)c2c(F)c(F)c(F)cc2c1=O. The van der Waals surface area contributed by atoms with E-state index < -0.39 is 45.3 Å². The number of nitrogens with one attached hydrogen (secondary N) is 1. The van der Waals surface area contributed by atoms with Crippen molar-refractivity contribution >= 4 is 23.3 Å². The van der Waals surface area contributed by atoms with Crippen LogP contribution in [0.2, 0.25) is 0 Å². The van der Waals surface area contributed by atoms with Gasteiger partial charge in [0.1, 0.15) is 16.7 Å². The molecule has 0 unspecified atom stereocenters. The largest absolute Gasteiger partial charge is 0.462 e. The van der Waals surface area contributed by atoms with Gasteiger partial charge >= 0.3 is 5.97 Å². The Morgan fingerprint density at radius 2 is 1.86 bits per heavy atom. The highest BCUT2D eigenvalue weighted by Crippen LogP contribution is 2.21. The number of esters is 1. The van der Waals surface area contributed by atoms with Gasteiger partial charge in [-0.3, -0.25) is 14.3 Å². The summed E-state index contributed by atoms with van der Waals surface area (Å²) in [6, 6.07) is 0.548. The van der Waals surface area contributed by atoms with Crippen LogP contribution in [0.4, 0.5) is 13.2 Å². The molecule has 1 N–H and O–H groups in total. The highest BCUT2D eigenvalue weighted by Gasteiger charge is 2.22. The van der Waals surface area contributed by atoms with Crippen molar-refractivity contribution in [3.8, 4) is 0 Å². The standard InChI is InChI=1S/C13H11F3N2O3.C5H10O2/c1-3-21-13(20)7-5-18(17-2)11-6(12(7)19)4-8(14)9(15)10(11)16;1-5(2,3)7-4-6/h4-5,17H,3H2,1-2H3;4H,1-3H3. The van der Waals surface area contributed by atoms with E-state index in [2.05, 4.69) is 10.2 Å². The number of nitrogens with zero attached hydrogens (tertiary/aromatic N) is 1. The topological polar surface area (TPSA) is 86.6 Å². The van der Waals surface area contributed by atoms with Crippen LogP contribution in [-0.2, 0) is 14.3 Å². The van der Waals surface area contributed by atoms with Gasteiger partial charge < -0.3 is 14.9 Å². The van der Waals surface area contributed by atoms with Gasteiger partial charge in [-0.2, -0.15) is 0 Å². The summed E-state index contributed by atoms with van der Waals surface area (Å²) >= 11 is 0. The smallest absolute Gasteiger partial charge is 0.343 e. The fraction of sp³-hybridized carbons (Fsp3) is 0.389. The minimum atomic E-state index is -1.70. The summed E-state index contributed by atoms with van der Waals surface area (Å²) < 4.78 is 50.6. The first-order valence-corrected chi connectivity index (χ1v) is 8.17. The van der Waals surface area contributed by atoms with Crippen molar-refractivity contribution in [2.24, 2.45) is 0 Å². The van der Waals surface area contributed by atoms with Gasteiger partial charge in [-0.05, 0) is 33.8 Å². The van der Waals surface area contributed by atoms with E-state index in [1.807, 2.05) is 20.8 Å². The molecule has 0 amide bonds. The molecule has 0 saturated carbocycles. The number of carbonyl (C=O) groups excluding carboxylic acids is 2. The molecular formula is C18H21F3N2O5. The van der Waals surface area contributed by atoms with Gasteiger partial charge in [-0.1, -0.05) is 0 Å². The average Bonchev–Trinajstić information content (AvgIpc) is 2.60. The molecule has 0 aliphatic rings. The van der Waals surface area contributed by atoms with Gasteiger partial charge in [0.25, 0.3) is 6.47 Å². The molecule has 0 bridgehead atoms. The second kappa shape index (κ2) is 9.25. The monoisotopic (exact) mass is 402 g/mol. The summed E-state index contributed by atoms with van der Waals surface area (Å²) in [6.45, 7) is 7.50. The summed E-state index contributed by atoms with van der Waals surface area (Å²) in [5.41, 5.74) is 0.304. The second-order valence-electron chi connectivity index (χ2n) is 6.39. The lowest BCUT2D eigenvalue weighted by Crippen LogP contribution is -2.24. The Balaban J connectivity index is 0.000000480. The lowest BCUT2D eigenvalue weighted by atomic mass is 10.1. The maximum absolute atomic E-state index is 13.8. The van der Waals surface area contributed by atoms with E-state index in [-0.39, 0.29) is 12.2 Å². The van der Waals surface area contributed by atoms with Crippen molar-refractivity contribution in [2.45, 2.75) is 33.3 Å². The number of hydrogen-bond donors (Lipinski definition) is 1. The third kappa shape index (κ3) is 5.24. The van der Waals surface area contributed by atoms with Gasteiger partial charge in [-0.25, -0.2) is 18.0 Å². The summed E-state index contributed by atoms with van der Waals surface area (Å²) in [4.78, 5) is 33.4. The van der Waals surface area contributed by atoms with Crippen molar-refractivity contribution in [1.29, 1.82) is 0 Å². The minimum Gasteiger partial charge on any atom is -0.462 e. The molecule has 2 aromatic rings. The third-order valence-corrected chi connectivity index (χ3v) is 3.26. The molecular weight excluding hydrogens is 381 g/mol. The average molecular weight is 402 g/mol. The zero-order valence-electron chi connectivity index (χ0n) is 16.1. The third-order valence-electron chi connectivity index (χ3n) is 3.26. The van der Waals surface area contributed by atoms with Crippen LogP contribution in [0.15, 0.2) is 17.1 Å². The first-order chi connectivity index (χ1) is 13.0. The molecule has 0 atom stereocenters. The molecule has 0 aliphatic carbocycles. The molecule has 28 heavy (non-hydrogen) atoms. The number of benzene rings is 1. The molecule has 1 aromatic carbocycles. The van der Waals surface area contributed by atoms with E-state index in [1.54, 1.807) is 6.92 Å². The Hall–Kier alpha value is -3.04. The van der Waals surface area contributed by atoms with Crippen LogP contribution in [0, 0.1) is 17.5 Å². The van der Waals surface area contributed by atoms with Crippen LogP contribution >= 0.6 is 0 Å². The highest BCUT2D eigenvalue weighted by molar-refractivity contribution is 5.94. The second-order valence-corrected chi connectivity index (χ2v) is 6.39. The Labute approximate surface area is 159 Å². The van der Waals surface area contributed by atoms with E-state index >= 15 is 0 Å². The summed E-state index contributed by atoms with van der Waals surface area (Å²) in [5.74, 6) is -5.67. The molecule has 0 fully saturated rings. The predicted octanol–water partition coefficient (Wildman–Crippen LogP) is 2.73. The maximum atomic E-state index is 13.8. The van der Waals surface area contributed by atoms with Gasteiger partial charge in [0, 0.05) is 13.2 Å². The number of ether oxygens (including phenoxy) is 2. The summed E-state index contributed by atoms with van der Waals surface area (Å²) in [6.07, 6.45) is 0.975. The van der Waals surface area contributed by atoms with Crippen molar-refractivity contribution in [2.75, 3.05) is 19.1 Å². The fourth-order valence-electron chi connectivity index (χ4n) is 2.07. The number of halogens is 3. The number of rotatable bonds is 4. The zero-order valence-corrected chi connectivity index (χ0v) is 16.1.